The minimum absolute atomic E-state index is 0.140. The molecule has 1 nitrogen and oxygen atoms in total. The maximum Gasteiger partial charge on any atom is 0.159 e. The Bertz CT molecular complexity index is 395. The lowest BCUT2D eigenvalue weighted by Gasteiger charge is -2.36. The van der Waals surface area contributed by atoms with Gasteiger partial charge in [0.2, 0.25) is 0 Å². The third kappa shape index (κ3) is 2.49. The Morgan fingerprint density at radius 3 is 2.35 bits per heavy atom. The Hall–Kier alpha value is -0.960. The van der Waals surface area contributed by atoms with E-state index in [1.165, 1.54) is 12.5 Å². The quantitative estimate of drug-likeness (QED) is 0.834. The molecule has 1 N–H and O–H groups in total. The predicted octanol–water partition coefficient (Wildman–Crippen LogP) is 3.75. The van der Waals surface area contributed by atoms with Gasteiger partial charge in [-0.1, -0.05) is 25.3 Å². The fourth-order valence-corrected chi connectivity index (χ4v) is 2.71. The lowest BCUT2D eigenvalue weighted by atomic mass is 9.74. The number of hydrogen-bond donors (Lipinski definition) is 1. The van der Waals surface area contributed by atoms with Gasteiger partial charge in [-0.15, -0.1) is 0 Å². The van der Waals surface area contributed by atoms with Crippen molar-refractivity contribution in [2.24, 2.45) is 5.92 Å². The van der Waals surface area contributed by atoms with Crippen LogP contribution in [-0.4, -0.2) is 5.11 Å². The van der Waals surface area contributed by atoms with E-state index in [9.17, 15) is 13.9 Å². The van der Waals surface area contributed by atoms with Gasteiger partial charge in [-0.3, -0.25) is 0 Å². The van der Waals surface area contributed by atoms with Crippen molar-refractivity contribution in [3.8, 4) is 0 Å². The predicted molar refractivity (Wildman–Crippen MR) is 62.5 cm³/mol. The first-order chi connectivity index (χ1) is 8.01. The van der Waals surface area contributed by atoms with Crippen LogP contribution in [0.15, 0.2) is 18.2 Å². The van der Waals surface area contributed by atoms with E-state index >= 15 is 0 Å². The number of aliphatic hydroxyl groups is 1. The van der Waals surface area contributed by atoms with Crippen LogP contribution in [0.2, 0.25) is 0 Å². The molecule has 0 aliphatic heterocycles. The van der Waals surface area contributed by atoms with Gasteiger partial charge in [-0.2, -0.15) is 0 Å². The summed E-state index contributed by atoms with van der Waals surface area (Å²) in [7, 11) is 0. The molecule has 1 unspecified atom stereocenters. The summed E-state index contributed by atoms with van der Waals surface area (Å²) < 4.78 is 26.1. The van der Waals surface area contributed by atoms with Crippen molar-refractivity contribution in [2.45, 2.75) is 44.6 Å². The molecule has 1 aromatic carbocycles. The van der Waals surface area contributed by atoms with Crippen LogP contribution in [0, 0.1) is 17.6 Å². The van der Waals surface area contributed by atoms with E-state index in [1.54, 1.807) is 6.92 Å². The van der Waals surface area contributed by atoms with Gasteiger partial charge in [-0.25, -0.2) is 8.78 Å². The van der Waals surface area contributed by atoms with Crippen LogP contribution >= 0.6 is 0 Å². The lowest BCUT2D eigenvalue weighted by molar-refractivity contribution is -0.0218. The van der Waals surface area contributed by atoms with Crippen LogP contribution in [0.3, 0.4) is 0 Å². The fourth-order valence-electron chi connectivity index (χ4n) is 2.71. The molecule has 0 saturated heterocycles. The first-order valence-corrected chi connectivity index (χ1v) is 6.19. The Kier molecular flexibility index (Phi) is 3.48. The Morgan fingerprint density at radius 2 is 1.76 bits per heavy atom. The normalized spacial score (nSPS) is 21.2. The Labute approximate surface area is 100 Å². The van der Waals surface area contributed by atoms with E-state index in [2.05, 4.69) is 0 Å². The van der Waals surface area contributed by atoms with E-state index in [0.29, 0.717) is 5.56 Å². The highest BCUT2D eigenvalue weighted by Crippen LogP contribution is 2.39. The van der Waals surface area contributed by atoms with Crippen molar-refractivity contribution < 1.29 is 13.9 Å². The summed E-state index contributed by atoms with van der Waals surface area (Å²) in [5.74, 6) is -1.62. The maximum absolute atomic E-state index is 13.2. The van der Waals surface area contributed by atoms with Crippen LogP contribution in [0.4, 0.5) is 8.78 Å². The molecule has 0 spiro atoms. The molecule has 1 atom stereocenters. The van der Waals surface area contributed by atoms with Crippen LogP contribution in [0.25, 0.3) is 0 Å². The first-order valence-electron chi connectivity index (χ1n) is 6.19. The Balaban J connectivity index is 2.26. The zero-order chi connectivity index (χ0) is 12.5. The van der Waals surface area contributed by atoms with Gasteiger partial charge >= 0.3 is 0 Å². The van der Waals surface area contributed by atoms with Gasteiger partial charge in [0.05, 0.1) is 5.60 Å². The summed E-state index contributed by atoms with van der Waals surface area (Å²) in [4.78, 5) is 0. The van der Waals surface area contributed by atoms with Crippen molar-refractivity contribution in [1.82, 2.24) is 0 Å². The second kappa shape index (κ2) is 4.73. The van der Waals surface area contributed by atoms with Crippen LogP contribution in [0.5, 0.6) is 0 Å². The summed E-state index contributed by atoms with van der Waals surface area (Å²) >= 11 is 0. The highest BCUT2D eigenvalue weighted by atomic mass is 19.2. The van der Waals surface area contributed by atoms with E-state index in [-0.39, 0.29) is 5.92 Å². The van der Waals surface area contributed by atoms with E-state index < -0.39 is 17.2 Å². The summed E-state index contributed by atoms with van der Waals surface area (Å²) in [6, 6.07) is 3.68. The van der Waals surface area contributed by atoms with Gasteiger partial charge in [0, 0.05) is 0 Å². The van der Waals surface area contributed by atoms with Crippen LogP contribution in [0.1, 0.15) is 44.6 Å². The maximum atomic E-state index is 13.2. The third-order valence-corrected chi connectivity index (χ3v) is 3.90. The summed E-state index contributed by atoms with van der Waals surface area (Å²) in [6.07, 6.45) is 5.30. The van der Waals surface area contributed by atoms with Crippen molar-refractivity contribution >= 4 is 0 Å². The lowest BCUT2D eigenvalue weighted by Crippen LogP contribution is -2.33. The smallest absolute Gasteiger partial charge is 0.159 e. The van der Waals surface area contributed by atoms with Gasteiger partial charge in [0.25, 0.3) is 0 Å². The molecule has 0 heterocycles. The average Bonchev–Trinajstić information content (AvgIpc) is 2.33. The van der Waals surface area contributed by atoms with E-state index in [1.807, 2.05) is 0 Å². The van der Waals surface area contributed by atoms with Crippen molar-refractivity contribution in [3.63, 3.8) is 0 Å². The third-order valence-electron chi connectivity index (χ3n) is 3.90. The monoisotopic (exact) mass is 240 g/mol. The minimum Gasteiger partial charge on any atom is -0.385 e. The SMILES string of the molecule is CC(O)(c1ccc(F)c(F)c1)C1CCCCC1. The molecule has 0 bridgehead atoms. The van der Waals surface area contributed by atoms with Crippen LogP contribution in [-0.2, 0) is 5.60 Å². The van der Waals surface area contributed by atoms with Gasteiger partial charge in [0.1, 0.15) is 0 Å². The highest BCUT2D eigenvalue weighted by molar-refractivity contribution is 5.24. The molecule has 1 aromatic rings. The molecule has 1 saturated carbocycles. The van der Waals surface area contributed by atoms with E-state index in [0.717, 1.165) is 37.8 Å². The number of rotatable bonds is 2. The largest absolute Gasteiger partial charge is 0.385 e. The average molecular weight is 240 g/mol. The second-order valence-corrected chi connectivity index (χ2v) is 5.11. The second-order valence-electron chi connectivity index (χ2n) is 5.11. The molecule has 0 radical (unpaired) electrons. The number of hydrogen-bond acceptors (Lipinski definition) is 1. The van der Waals surface area contributed by atoms with Crippen LogP contribution < -0.4 is 0 Å². The number of benzene rings is 1. The number of halogens is 2. The molecule has 17 heavy (non-hydrogen) atoms. The van der Waals surface area contributed by atoms with Crippen molar-refractivity contribution in [1.29, 1.82) is 0 Å². The molecule has 0 aromatic heterocycles. The molecule has 1 aliphatic carbocycles. The topological polar surface area (TPSA) is 20.2 Å². The van der Waals surface area contributed by atoms with E-state index in [4.69, 9.17) is 0 Å². The summed E-state index contributed by atoms with van der Waals surface area (Å²) in [5, 5.41) is 10.5. The minimum atomic E-state index is -1.06. The van der Waals surface area contributed by atoms with Crippen molar-refractivity contribution in [2.75, 3.05) is 0 Å². The highest BCUT2D eigenvalue weighted by Gasteiger charge is 2.34. The molecular formula is C14H18F2O. The molecule has 3 heteroatoms. The standard InChI is InChI=1S/C14H18F2O/c1-14(17,10-5-3-2-4-6-10)11-7-8-12(15)13(16)9-11/h7-10,17H,2-6H2,1H3. The first kappa shape index (κ1) is 12.5. The zero-order valence-corrected chi connectivity index (χ0v) is 10.0. The van der Waals surface area contributed by atoms with Gasteiger partial charge in [-0.05, 0) is 43.4 Å². The van der Waals surface area contributed by atoms with Gasteiger partial charge in [0.15, 0.2) is 11.6 Å². The molecule has 94 valence electrons. The Morgan fingerprint density at radius 1 is 1.12 bits per heavy atom. The molecular weight excluding hydrogens is 222 g/mol. The summed E-state index contributed by atoms with van der Waals surface area (Å²) in [5.41, 5.74) is -0.585. The zero-order valence-electron chi connectivity index (χ0n) is 10.0. The summed E-state index contributed by atoms with van der Waals surface area (Å²) in [6.45, 7) is 1.70. The molecule has 2 rings (SSSR count). The molecule has 1 aliphatic rings. The molecule has 1 fully saturated rings. The van der Waals surface area contributed by atoms with Gasteiger partial charge < -0.3 is 5.11 Å². The fraction of sp³-hybridized carbons (Fsp3) is 0.571. The van der Waals surface area contributed by atoms with Crippen molar-refractivity contribution in [3.05, 3.63) is 35.4 Å². The molecule has 0 amide bonds.